The van der Waals surface area contributed by atoms with Gasteiger partial charge in [-0.2, -0.15) is 0 Å². The van der Waals surface area contributed by atoms with Gasteiger partial charge in [0.1, 0.15) is 5.75 Å². The lowest BCUT2D eigenvalue weighted by molar-refractivity contribution is 0.330. The fourth-order valence-corrected chi connectivity index (χ4v) is 3.91. The van der Waals surface area contributed by atoms with E-state index in [1.54, 1.807) is 12.1 Å². The molecule has 0 heterocycles. The number of phenolic OH excluding ortho intramolecular Hbond substituents is 1. The van der Waals surface area contributed by atoms with Crippen molar-refractivity contribution < 1.29 is 5.11 Å². The van der Waals surface area contributed by atoms with Gasteiger partial charge in [-0.1, -0.05) is 93.3 Å². The van der Waals surface area contributed by atoms with Gasteiger partial charge in [0, 0.05) is 18.2 Å². The van der Waals surface area contributed by atoms with E-state index in [0.29, 0.717) is 6.54 Å². The number of hydrogen-bond acceptors (Lipinski definition) is 2. The minimum atomic E-state index is -0.183. The zero-order valence-electron chi connectivity index (χ0n) is 20.0. The maximum Gasteiger partial charge on any atom is 0.115 e. The third-order valence-corrected chi connectivity index (χ3v) is 5.42. The Hall–Kier alpha value is -3.33. The number of aliphatic imine (C=N–C) groups is 1. The largest absolute Gasteiger partial charge is 0.508 e. The summed E-state index contributed by atoms with van der Waals surface area (Å²) >= 11 is 0. The smallest absolute Gasteiger partial charge is 0.115 e. The van der Waals surface area contributed by atoms with Crippen LogP contribution in [0.1, 0.15) is 51.7 Å². The molecule has 1 unspecified atom stereocenters. The minimum absolute atomic E-state index is 0.0872. The molecule has 0 amide bonds. The van der Waals surface area contributed by atoms with Crippen molar-refractivity contribution in [2.24, 2.45) is 10.4 Å². The lowest BCUT2D eigenvalue weighted by Crippen LogP contribution is -2.29. The van der Waals surface area contributed by atoms with Crippen molar-refractivity contribution in [3.8, 4) is 5.75 Å². The van der Waals surface area contributed by atoms with Crippen LogP contribution in [0, 0.1) is 5.41 Å². The van der Waals surface area contributed by atoms with Crippen LogP contribution in [0.15, 0.2) is 102 Å². The topological polar surface area (TPSA) is 44.6 Å². The highest BCUT2D eigenvalue weighted by Gasteiger charge is 2.32. The van der Waals surface area contributed by atoms with Crippen molar-refractivity contribution in [3.05, 3.63) is 108 Å². The van der Waals surface area contributed by atoms with Crippen LogP contribution >= 0.6 is 0 Å². The fourth-order valence-electron chi connectivity index (χ4n) is 3.91. The molecule has 0 aliphatic carbocycles. The molecule has 3 heteroatoms. The van der Waals surface area contributed by atoms with Crippen molar-refractivity contribution in [1.29, 1.82) is 0 Å². The second-order valence-corrected chi connectivity index (χ2v) is 8.51. The molecule has 0 fully saturated rings. The van der Waals surface area contributed by atoms with Crippen LogP contribution < -0.4 is 5.32 Å². The first kappa shape index (κ1) is 24.9. The molecule has 0 aromatic heterocycles. The first-order valence-electron chi connectivity index (χ1n) is 11.1. The number of benzene rings is 2. The average Bonchev–Trinajstić information content (AvgIpc) is 2.78. The van der Waals surface area contributed by atoms with Crippen molar-refractivity contribution in [3.63, 3.8) is 0 Å². The Labute approximate surface area is 193 Å². The highest BCUT2D eigenvalue weighted by molar-refractivity contribution is 5.89. The minimum Gasteiger partial charge on any atom is -0.508 e. The van der Waals surface area contributed by atoms with E-state index >= 15 is 0 Å². The zero-order chi connectivity index (χ0) is 23.6. The summed E-state index contributed by atoms with van der Waals surface area (Å²) in [5, 5.41) is 13.2. The maximum absolute atomic E-state index is 9.78. The highest BCUT2D eigenvalue weighted by Crippen LogP contribution is 2.42. The molecule has 0 saturated carbocycles. The van der Waals surface area contributed by atoms with Crippen molar-refractivity contribution >= 4 is 11.5 Å². The summed E-state index contributed by atoms with van der Waals surface area (Å²) in [6, 6.07) is 17.7. The molecule has 0 saturated heterocycles. The van der Waals surface area contributed by atoms with Crippen molar-refractivity contribution in [2.45, 2.75) is 40.5 Å². The average molecular weight is 429 g/mol. The third kappa shape index (κ3) is 6.84. The first-order chi connectivity index (χ1) is 15.3. The zero-order valence-corrected chi connectivity index (χ0v) is 20.0. The van der Waals surface area contributed by atoms with Crippen LogP contribution in [0.4, 0.5) is 0 Å². The molecule has 32 heavy (non-hydrogen) atoms. The predicted octanol–water partition coefficient (Wildman–Crippen LogP) is 7.26. The molecular formula is C29H36N2O. The second kappa shape index (κ2) is 11.9. The van der Waals surface area contributed by atoms with Crippen LogP contribution in [-0.4, -0.2) is 17.5 Å². The second-order valence-electron chi connectivity index (χ2n) is 8.51. The Morgan fingerprint density at radius 3 is 2.31 bits per heavy atom. The molecule has 1 atom stereocenters. The van der Waals surface area contributed by atoms with Crippen LogP contribution in [0.2, 0.25) is 0 Å². The number of amidine groups is 1. The number of nitrogens with one attached hydrogen (secondary N) is 1. The molecule has 0 aliphatic heterocycles. The molecule has 2 rings (SSSR count). The number of aromatic hydroxyl groups is 1. The van der Waals surface area contributed by atoms with E-state index in [4.69, 9.17) is 4.99 Å². The van der Waals surface area contributed by atoms with Crippen LogP contribution in [0.25, 0.3) is 5.70 Å². The lowest BCUT2D eigenvalue weighted by atomic mass is 9.70. The van der Waals surface area contributed by atoms with Gasteiger partial charge < -0.3 is 10.4 Å². The normalized spacial score (nSPS) is 14.5. The molecule has 168 valence electrons. The van der Waals surface area contributed by atoms with Gasteiger partial charge >= 0.3 is 0 Å². The molecule has 0 spiro atoms. The summed E-state index contributed by atoms with van der Waals surface area (Å²) in [5.74, 6) is 1.23. The molecular weight excluding hydrogens is 392 g/mol. The monoisotopic (exact) mass is 428 g/mol. The molecule has 2 aromatic carbocycles. The predicted molar refractivity (Wildman–Crippen MR) is 139 cm³/mol. The molecule has 0 bridgehead atoms. The van der Waals surface area contributed by atoms with Gasteiger partial charge in [-0.15, -0.1) is 0 Å². The molecule has 2 aromatic rings. The van der Waals surface area contributed by atoms with Crippen LogP contribution in [0.5, 0.6) is 5.75 Å². The van der Waals surface area contributed by atoms with Gasteiger partial charge in [0.25, 0.3) is 0 Å². The van der Waals surface area contributed by atoms with Crippen molar-refractivity contribution in [2.75, 3.05) is 6.54 Å². The summed E-state index contributed by atoms with van der Waals surface area (Å²) in [6.07, 6.45) is 10.1. The summed E-state index contributed by atoms with van der Waals surface area (Å²) < 4.78 is 0. The SMILES string of the molecule is C=C/C=C(\C=C/C)C(c1ccc(O)cc1)C(C)(C)CN=C(C)N/C(=C\C)c1ccccc1. The van der Waals surface area contributed by atoms with Gasteiger partial charge in [-0.3, -0.25) is 4.99 Å². The van der Waals surface area contributed by atoms with Gasteiger partial charge in [-0.25, -0.2) is 0 Å². The Bertz CT molecular complexity index is 993. The van der Waals surface area contributed by atoms with Gasteiger partial charge in [0.05, 0.1) is 5.84 Å². The number of allylic oxidation sites excluding steroid dienone is 6. The van der Waals surface area contributed by atoms with Crippen LogP contribution in [-0.2, 0) is 0 Å². The van der Waals surface area contributed by atoms with Crippen LogP contribution in [0.3, 0.4) is 0 Å². The Kier molecular flexibility index (Phi) is 9.27. The van der Waals surface area contributed by atoms with E-state index in [1.165, 1.54) is 0 Å². The van der Waals surface area contributed by atoms with Crippen molar-refractivity contribution in [1.82, 2.24) is 5.32 Å². The van der Waals surface area contributed by atoms with Gasteiger partial charge in [-0.05, 0) is 55.0 Å². The van der Waals surface area contributed by atoms with E-state index in [9.17, 15) is 5.11 Å². The van der Waals surface area contributed by atoms with E-state index in [2.05, 4.69) is 56.1 Å². The quantitative estimate of drug-likeness (QED) is 0.251. The van der Waals surface area contributed by atoms with E-state index < -0.39 is 0 Å². The van der Waals surface area contributed by atoms with Gasteiger partial charge in [0.15, 0.2) is 0 Å². The highest BCUT2D eigenvalue weighted by atomic mass is 16.3. The van der Waals surface area contributed by atoms with E-state index in [1.807, 2.05) is 63.3 Å². The number of hydrogen-bond donors (Lipinski definition) is 2. The Morgan fingerprint density at radius 2 is 1.75 bits per heavy atom. The number of rotatable bonds is 9. The fraction of sp³-hybridized carbons (Fsp3) is 0.276. The first-order valence-corrected chi connectivity index (χ1v) is 11.1. The standard InChI is InChI=1S/C29H36N2O/c1-7-13-24(14-8-2)28(25-17-19-26(32)20-18-25)29(5,6)21-30-22(4)31-27(9-3)23-15-11-10-12-16-23/h7-20,28,32H,1,21H2,2-6H3,(H,30,31)/b14-8-,24-13+,27-9-. The molecule has 0 radical (unpaired) electrons. The number of phenols is 1. The summed E-state index contributed by atoms with van der Waals surface area (Å²) in [4.78, 5) is 4.91. The van der Waals surface area contributed by atoms with E-state index in [0.717, 1.165) is 28.2 Å². The van der Waals surface area contributed by atoms with E-state index in [-0.39, 0.29) is 17.1 Å². The Morgan fingerprint density at radius 1 is 1.09 bits per heavy atom. The molecule has 3 nitrogen and oxygen atoms in total. The summed E-state index contributed by atoms with van der Waals surface area (Å²) in [5.41, 5.74) is 4.29. The molecule has 0 aliphatic rings. The Balaban J connectivity index is 2.33. The van der Waals surface area contributed by atoms with Gasteiger partial charge in [0.2, 0.25) is 0 Å². The molecule has 2 N–H and O–H groups in total. The lowest BCUT2D eigenvalue weighted by Gasteiger charge is -2.35. The maximum atomic E-state index is 9.78. The summed E-state index contributed by atoms with van der Waals surface area (Å²) in [7, 11) is 0. The summed E-state index contributed by atoms with van der Waals surface area (Å²) in [6.45, 7) is 15.1. The third-order valence-electron chi connectivity index (χ3n) is 5.42. The number of nitrogens with zero attached hydrogens (tertiary/aromatic N) is 1.